The lowest BCUT2D eigenvalue weighted by molar-refractivity contribution is 0.727. The Balaban J connectivity index is 1.81. The second kappa shape index (κ2) is 5.46. The minimum absolute atomic E-state index is 0.732. The summed E-state index contributed by atoms with van der Waals surface area (Å²) in [6.07, 6.45) is 5.00. The highest BCUT2D eigenvalue weighted by molar-refractivity contribution is 7.16. The van der Waals surface area contributed by atoms with Gasteiger partial charge in [-0.1, -0.05) is 5.21 Å². The minimum Gasteiger partial charge on any atom is -0.330 e. The average molecular weight is 273 g/mol. The zero-order valence-electron chi connectivity index (χ0n) is 10.5. The van der Waals surface area contributed by atoms with Crippen molar-refractivity contribution >= 4 is 21.6 Å². The van der Waals surface area contributed by atoms with E-state index in [0.717, 1.165) is 47.4 Å². The molecule has 0 aliphatic heterocycles. The lowest BCUT2D eigenvalue weighted by Gasteiger charge is -1.99. The average Bonchev–Trinajstić information content (AvgIpc) is 3.06. The predicted octanol–water partition coefficient (Wildman–Crippen LogP) is 2.16. The fraction of sp³-hybridized carbons (Fsp3) is 0.308. The highest BCUT2D eigenvalue weighted by Crippen LogP contribution is 2.20. The lowest BCUT2D eigenvalue weighted by atomic mass is 10.2. The number of benzene rings is 1. The summed E-state index contributed by atoms with van der Waals surface area (Å²) in [6.45, 7) is 0.732. The largest absolute Gasteiger partial charge is 0.330 e. The van der Waals surface area contributed by atoms with Gasteiger partial charge in [0.15, 0.2) is 0 Å². The second-order valence-corrected chi connectivity index (χ2v) is 5.29. The summed E-state index contributed by atoms with van der Waals surface area (Å²) in [5, 5.41) is 8.37. The molecule has 0 atom stereocenters. The number of nitrogens with zero attached hydrogens (tertiary/aromatic N) is 4. The summed E-state index contributed by atoms with van der Waals surface area (Å²) in [7, 11) is 0. The maximum absolute atomic E-state index is 5.49. The highest BCUT2D eigenvalue weighted by atomic mass is 32.1. The van der Waals surface area contributed by atoms with Crippen molar-refractivity contribution in [3.8, 4) is 5.69 Å². The Bertz CT molecular complexity index is 672. The first-order chi connectivity index (χ1) is 9.36. The number of thiazole rings is 1. The van der Waals surface area contributed by atoms with E-state index >= 15 is 0 Å². The van der Waals surface area contributed by atoms with Gasteiger partial charge in [-0.25, -0.2) is 9.67 Å². The molecule has 0 spiro atoms. The molecule has 19 heavy (non-hydrogen) atoms. The van der Waals surface area contributed by atoms with Crippen molar-refractivity contribution in [2.75, 3.05) is 6.54 Å². The Morgan fingerprint density at radius 3 is 3.11 bits per heavy atom. The molecule has 0 radical (unpaired) electrons. The Labute approximate surface area is 115 Å². The van der Waals surface area contributed by atoms with Crippen molar-refractivity contribution in [1.29, 1.82) is 0 Å². The van der Waals surface area contributed by atoms with Crippen molar-refractivity contribution in [3.63, 3.8) is 0 Å². The van der Waals surface area contributed by atoms with E-state index in [1.807, 2.05) is 28.5 Å². The van der Waals surface area contributed by atoms with Gasteiger partial charge in [0.2, 0.25) is 0 Å². The molecule has 0 unspecified atom stereocenters. The van der Waals surface area contributed by atoms with E-state index in [9.17, 15) is 0 Å². The first-order valence-corrected chi connectivity index (χ1v) is 7.20. The van der Waals surface area contributed by atoms with Gasteiger partial charge in [0, 0.05) is 0 Å². The van der Waals surface area contributed by atoms with Crippen LogP contribution in [0.5, 0.6) is 0 Å². The normalized spacial score (nSPS) is 11.2. The number of fused-ring (bicyclic) bond motifs is 1. The minimum atomic E-state index is 0.732. The molecule has 3 aromatic rings. The zero-order valence-corrected chi connectivity index (χ0v) is 11.3. The van der Waals surface area contributed by atoms with Crippen molar-refractivity contribution in [2.24, 2.45) is 5.73 Å². The summed E-state index contributed by atoms with van der Waals surface area (Å²) in [4.78, 5) is 4.27. The molecule has 0 saturated heterocycles. The van der Waals surface area contributed by atoms with Gasteiger partial charge in [0.1, 0.15) is 0 Å². The van der Waals surface area contributed by atoms with E-state index in [0.29, 0.717) is 0 Å². The summed E-state index contributed by atoms with van der Waals surface area (Å²) < 4.78 is 2.98. The number of rotatable bonds is 5. The van der Waals surface area contributed by atoms with Gasteiger partial charge in [0.05, 0.1) is 33.3 Å². The Kier molecular flexibility index (Phi) is 3.52. The van der Waals surface area contributed by atoms with Gasteiger partial charge in [-0.15, -0.1) is 16.4 Å². The molecule has 98 valence electrons. The zero-order chi connectivity index (χ0) is 13.1. The summed E-state index contributed by atoms with van der Waals surface area (Å²) in [5.74, 6) is 0. The van der Waals surface area contributed by atoms with E-state index in [2.05, 4.69) is 21.4 Å². The number of aromatic nitrogens is 4. The number of unbranched alkanes of at least 4 members (excludes halogenated alkanes) is 1. The lowest BCUT2D eigenvalue weighted by Crippen LogP contribution is -1.99. The predicted molar refractivity (Wildman–Crippen MR) is 76.5 cm³/mol. The van der Waals surface area contributed by atoms with Crippen LogP contribution >= 0.6 is 11.3 Å². The van der Waals surface area contributed by atoms with Crippen molar-refractivity contribution < 1.29 is 0 Å². The van der Waals surface area contributed by atoms with Gasteiger partial charge < -0.3 is 5.73 Å². The molecule has 0 fully saturated rings. The van der Waals surface area contributed by atoms with Crippen LogP contribution in [-0.4, -0.2) is 26.5 Å². The number of aryl methyl sites for hydroxylation is 1. The molecule has 1 aromatic carbocycles. The van der Waals surface area contributed by atoms with Crippen molar-refractivity contribution in [2.45, 2.75) is 19.3 Å². The van der Waals surface area contributed by atoms with Crippen molar-refractivity contribution in [3.05, 3.63) is 35.6 Å². The van der Waals surface area contributed by atoms with E-state index in [-0.39, 0.29) is 0 Å². The Morgan fingerprint density at radius 1 is 1.26 bits per heavy atom. The molecule has 0 amide bonds. The molecule has 2 heterocycles. The molecule has 2 aromatic heterocycles. The van der Waals surface area contributed by atoms with Crippen molar-refractivity contribution in [1.82, 2.24) is 20.0 Å². The summed E-state index contributed by atoms with van der Waals surface area (Å²) in [5.41, 5.74) is 10.4. The van der Waals surface area contributed by atoms with E-state index in [4.69, 9.17) is 5.73 Å². The van der Waals surface area contributed by atoms with Crippen LogP contribution < -0.4 is 5.73 Å². The third-order valence-corrected chi connectivity index (χ3v) is 3.80. The van der Waals surface area contributed by atoms with Crippen LogP contribution in [-0.2, 0) is 6.42 Å². The van der Waals surface area contributed by atoms with Crippen LogP contribution in [0.25, 0.3) is 15.9 Å². The standard InChI is InChI=1S/C13H15N5S/c14-6-2-1-3-10-8-18(17-16-10)11-4-5-12-13(7-11)19-9-15-12/h4-5,7-9H,1-3,6,14H2. The maximum Gasteiger partial charge on any atom is 0.0831 e. The first kappa shape index (κ1) is 12.3. The topological polar surface area (TPSA) is 69.6 Å². The fourth-order valence-electron chi connectivity index (χ4n) is 1.98. The SMILES string of the molecule is NCCCCc1cn(-c2ccc3ncsc3c2)nn1. The van der Waals surface area contributed by atoms with Crippen LogP contribution in [0, 0.1) is 0 Å². The molecule has 0 aliphatic rings. The highest BCUT2D eigenvalue weighted by Gasteiger charge is 2.04. The monoisotopic (exact) mass is 273 g/mol. The smallest absolute Gasteiger partial charge is 0.0831 e. The molecule has 3 rings (SSSR count). The van der Waals surface area contributed by atoms with E-state index < -0.39 is 0 Å². The molecule has 0 aliphatic carbocycles. The van der Waals surface area contributed by atoms with Gasteiger partial charge in [-0.2, -0.15) is 0 Å². The van der Waals surface area contributed by atoms with Crippen LogP contribution in [0.15, 0.2) is 29.9 Å². The molecule has 5 nitrogen and oxygen atoms in total. The Morgan fingerprint density at radius 2 is 2.21 bits per heavy atom. The van der Waals surface area contributed by atoms with Crippen LogP contribution in [0.2, 0.25) is 0 Å². The molecule has 2 N–H and O–H groups in total. The van der Waals surface area contributed by atoms with Gasteiger partial charge in [-0.05, 0) is 44.0 Å². The first-order valence-electron chi connectivity index (χ1n) is 6.32. The van der Waals surface area contributed by atoms with E-state index in [1.54, 1.807) is 11.3 Å². The fourth-order valence-corrected chi connectivity index (χ4v) is 2.69. The molecule has 0 bridgehead atoms. The molecule has 0 saturated carbocycles. The van der Waals surface area contributed by atoms with Crippen LogP contribution in [0.1, 0.15) is 18.5 Å². The summed E-state index contributed by atoms with van der Waals surface area (Å²) >= 11 is 1.63. The van der Waals surface area contributed by atoms with Gasteiger partial charge >= 0.3 is 0 Å². The van der Waals surface area contributed by atoms with Gasteiger partial charge in [-0.3, -0.25) is 0 Å². The third-order valence-electron chi connectivity index (χ3n) is 3.01. The summed E-state index contributed by atoms with van der Waals surface area (Å²) in [6, 6.07) is 6.11. The number of nitrogens with two attached hydrogens (primary N) is 1. The number of hydrogen-bond donors (Lipinski definition) is 1. The van der Waals surface area contributed by atoms with Crippen LogP contribution in [0.4, 0.5) is 0 Å². The van der Waals surface area contributed by atoms with Crippen LogP contribution in [0.3, 0.4) is 0 Å². The second-order valence-electron chi connectivity index (χ2n) is 4.40. The maximum atomic E-state index is 5.49. The quantitative estimate of drug-likeness (QED) is 0.723. The van der Waals surface area contributed by atoms with E-state index in [1.165, 1.54) is 0 Å². The molecular weight excluding hydrogens is 258 g/mol. The molecular formula is C13H15N5S. The Hall–Kier alpha value is -1.79. The number of hydrogen-bond acceptors (Lipinski definition) is 5. The molecule has 6 heteroatoms. The third kappa shape index (κ3) is 2.64. The van der Waals surface area contributed by atoms with Gasteiger partial charge in [0.25, 0.3) is 0 Å².